The zero-order valence-corrected chi connectivity index (χ0v) is 15.6. The van der Waals surface area contributed by atoms with E-state index in [0.717, 1.165) is 11.3 Å². The topological polar surface area (TPSA) is 29.5 Å². The van der Waals surface area contributed by atoms with Crippen LogP contribution in [0, 0.1) is 6.92 Å². The molecule has 130 valence electrons. The molecule has 0 aliphatic heterocycles. The van der Waals surface area contributed by atoms with Gasteiger partial charge in [0.25, 0.3) is 0 Å². The molecule has 0 fully saturated rings. The molecule has 0 spiro atoms. The maximum absolute atomic E-state index is 10.2. The molecule has 0 saturated heterocycles. The second-order valence-electron chi connectivity index (χ2n) is 7.89. The average Bonchev–Trinajstić information content (AvgIpc) is 2.65. The van der Waals surface area contributed by atoms with E-state index in [0.29, 0.717) is 5.75 Å². The molecule has 2 bridgehead atoms. The summed E-state index contributed by atoms with van der Waals surface area (Å²) in [6.45, 7) is 6.68. The maximum atomic E-state index is 10.2. The number of aromatic hydroxyl groups is 1. The molecule has 3 aliphatic carbocycles. The predicted octanol–water partition coefficient (Wildman–Crippen LogP) is 5.04. The minimum absolute atomic E-state index is 0.256. The van der Waals surface area contributed by atoms with Crippen LogP contribution in [0.1, 0.15) is 52.8 Å². The minimum atomic E-state index is -0.283. The molecule has 0 heterocycles. The first kappa shape index (κ1) is 15.5. The number of phenols is 1. The molecule has 0 saturated carbocycles. The lowest BCUT2D eigenvalue weighted by atomic mass is 9.48. The first-order valence-corrected chi connectivity index (χ1v) is 9.06. The van der Waals surface area contributed by atoms with E-state index >= 15 is 0 Å². The lowest BCUT2D eigenvalue weighted by molar-refractivity contribution is 0.407. The zero-order valence-electron chi connectivity index (χ0n) is 15.6. The molecule has 3 aromatic rings. The van der Waals surface area contributed by atoms with Gasteiger partial charge in [-0.15, -0.1) is 0 Å². The van der Waals surface area contributed by atoms with E-state index in [1.165, 1.54) is 33.4 Å². The quantitative estimate of drug-likeness (QED) is 0.671. The summed E-state index contributed by atoms with van der Waals surface area (Å²) in [5, 5.41) is 10.2. The summed E-state index contributed by atoms with van der Waals surface area (Å²) in [7, 11) is 1.74. The smallest absolute Gasteiger partial charge is 0.122 e. The van der Waals surface area contributed by atoms with Gasteiger partial charge in [-0.1, -0.05) is 36.4 Å². The Balaban J connectivity index is 2.00. The third-order valence-electron chi connectivity index (χ3n) is 6.70. The number of phenolic OH excluding ortho intramolecular Hbond substituents is 1. The standard InChI is InChI=1S/C24H22O2/c1-14-11-19-21(13-22(14)26-4)23(2)16-7-5-6-8-17(16)24(19,3)20-12-15(25)9-10-18(20)23/h5-13,25H,1-4H3/t23-,24?/m1/s1. The summed E-state index contributed by atoms with van der Waals surface area (Å²) in [4.78, 5) is 0. The molecule has 0 radical (unpaired) electrons. The fraction of sp³-hybridized carbons (Fsp3) is 0.250. The maximum Gasteiger partial charge on any atom is 0.122 e. The molecule has 0 amide bonds. The number of ether oxygens (including phenoxy) is 1. The largest absolute Gasteiger partial charge is 0.508 e. The van der Waals surface area contributed by atoms with Gasteiger partial charge in [0.05, 0.1) is 7.11 Å². The van der Waals surface area contributed by atoms with Crippen LogP contribution in [0.4, 0.5) is 0 Å². The first-order valence-electron chi connectivity index (χ1n) is 9.06. The van der Waals surface area contributed by atoms with Gasteiger partial charge in [-0.25, -0.2) is 0 Å². The van der Waals surface area contributed by atoms with Crippen LogP contribution in [-0.2, 0) is 10.8 Å². The number of rotatable bonds is 1. The molecular formula is C24H22O2. The van der Waals surface area contributed by atoms with Gasteiger partial charge in [-0.05, 0) is 77.9 Å². The van der Waals surface area contributed by atoms with Crippen LogP contribution < -0.4 is 4.74 Å². The fourth-order valence-corrected chi connectivity index (χ4v) is 5.34. The van der Waals surface area contributed by atoms with Crippen LogP contribution in [0.3, 0.4) is 0 Å². The molecule has 2 nitrogen and oxygen atoms in total. The average molecular weight is 342 g/mol. The second kappa shape index (κ2) is 4.70. The van der Waals surface area contributed by atoms with E-state index in [-0.39, 0.29) is 10.8 Å². The van der Waals surface area contributed by atoms with Crippen LogP contribution in [0.15, 0.2) is 54.6 Å². The Bertz CT molecular complexity index is 1080. The Hall–Kier alpha value is -2.74. The SMILES string of the molecule is COc1cc2c(cc1C)C1(C)c3ccccc3[C@]2(C)c2ccc(O)cc21. The summed E-state index contributed by atoms with van der Waals surface area (Å²) in [5.41, 5.74) is 8.38. The fourth-order valence-electron chi connectivity index (χ4n) is 5.34. The van der Waals surface area contributed by atoms with E-state index in [1.54, 1.807) is 7.11 Å². The van der Waals surface area contributed by atoms with Crippen LogP contribution in [0.25, 0.3) is 0 Å². The Morgan fingerprint density at radius 1 is 0.731 bits per heavy atom. The van der Waals surface area contributed by atoms with Gasteiger partial charge in [0.2, 0.25) is 0 Å². The molecule has 0 aromatic heterocycles. The number of hydrogen-bond acceptors (Lipinski definition) is 2. The van der Waals surface area contributed by atoms with Crippen molar-refractivity contribution in [3.63, 3.8) is 0 Å². The summed E-state index contributed by atoms with van der Waals surface area (Å²) in [5.74, 6) is 1.25. The van der Waals surface area contributed by atoms with E-state index < -0.39 is 0 Å². The van der Waals surface area contributed by atoms with E-state index in [9.17, 15) is 5.11 Å². The first-order chi connectivity index (χ1) is 12.4. The minimum Gasteiger partial charge on any atom is -0.508 e. The van der Waals surface area contributed by atoms with Crippen molar-refractivity contribution in [2.45, 2.75) is 31.6 Å². The zero-order chi connectivity index (χ0) is 18.3. The molecule has 2 heteroatoms. The molecule has 3 aliphatic rings. The van der Waals surface area contributed by atoms with Gasteiger partial charge in [-0.2, -0.15) is 0 Å². The number of hydrogen-bond donors (Lipinski definition) is 1. The highest BCUT2D eigenvalue weighted by atomic mass is 16.5. The van der Waals surface area contributed by atoms with Crippen molar-refractivity contribution < 1.29 is 9.84 Å². The highest BCUT2D eigenvalue weighted by Crippen LogP contribution is 2.62. The summed E-state index contributed by atoms with van der Waals surface area (Å²) in [6.07, 6.45) is 0. The van der Waals surface area contributed by atoms with Crippen LogP contribution in [0.5, 0.6) is 11.5 Å². The van der Waals surface area contributed by atoms with Crippen molar-refractivity contribution in [1.82, 2.24) is 0 Å². The van der Waals surface area contributed by atoms with E-state index in [1.807, 2.05) is 12.1 Å². The summed E-state index contributed by atoms with van der Waals surface area (Å²) >= 11 is 0. The van der Waals surface area contributed by atoms with Gasteiger partial charge in [0, 0.05) is 10.8 Å². The lowest BCUT2D eigenvalue weighted by Crippen LogP contribution is -2.48. The van der Waals surface area contributed by atoms with Crippen molar-refractivity contribution in [1.29, 1.82) is 0 Å². The highest BCUT2D eigenvalue weighted by molar-refractivity contribution is 5.76. The molecule has 6 rings (SSSR count). The Morgan fingerprint density at radius 3 is 1.92 bits per heavy atom. The van der Waals surface area contributed by atoms with Crippen LogP contribution in [0.2, 0.25) is 0 Å². The Kier molecular flexibility index (Phi) is 2.80. The number of methoxy groups -OCH3 is 1. The second-order valence-corrected chi connectivity index (χ2v) is 7.89. The number of aryl methyl sites for hydroxylation is 1. The van der Waals surface area contributed by atoms with Crippen molar-refractivity contribution in [2.75, 3.05) is 7.11 Å². The van der Waals surface area contributed by atoms with Gasteiger partial charge >= 0.3 is 0 Å². The Morgan fingerprint density at radius 2 is 1.27 bits per heavy atom. The van der Waals surface area contributed by atoms with Crippen molar-refractivity contribution in [3.05, 3.63) is 93.5 Å². The molecule has 3 aromatic carbocycles. The lowest BCUT2D eigenvalue weighted by Gasteiger charge is -2.54. The Labute approximate surface area is 154 Å². The number of benzene rings is 3. The molecule has 1 N–H and O–H groups in total. The van der Waals surface area contributed by atoms with E-state index in [4.69, 9.17) is 4.74 Å². The van der Waals surface area contributed by atoms with Crippen LogP contribution >= 0.6 is 0 Å². The summed E-state index contributed by atoms with van der Waals surface area (Å²) in [6, 6.07) is 19.1. The molecular weight excluding hydrogens is 320 g/mol. The molecule has 1 unspecified atom stereocenters. The molecule has 2 atom stereocenters. The third kappa shape index (κ3) is 1.54. The van der Waals surface area contributed by atoms with Crippen LogP contribution in [-0.4, -0.2) is 12.2 Å². The third-order valence-corrected chi connectivity index (χ3v) is 6.70. The van der Waals surface area contributed by atoms with Gasteiger partial charge in [0.1, 0.15) is 11.5 Å². The van der Waals surface area contributed by atoms with Crippen molar-refractivity contribution in [3.8, 4) is 11.5 Å². The monoisotopic (exact) mass is 342 g/mol. The summed E-state index contributed by atoms with van der Waals surface area (Å²) < 4.78 is 5.65. The van der Waals surface area contributed by atoms with Crippen molar-refractivity contribution in [2.24, 2.45) is 0 Å². The van der Waals surface area contributed by atoms with Gasteiger partial charge in [-0.3, -0.25) is 0 Å². The molecule has 26 heavy (non-hydrogen) atoms. The predicted molar refractivity (Wildman–Crippen MR) is 103 cm³/mol. The van der Waals surface area contributed by atoms with Gasteiger partial charge in [0.15, 0.2) is 0 Å². The van der Waals surface area contributed by atoms with Gasteiger partial charge < -0.3 is 9.84 Å². The highest BCUT2D eigenvalue weighted by Gasteiger charge is 2.54. The van der Waals surface area contributed by atoms with Crippen molar-refractivity contribution >= 4 is 0 Å². The van der Waals surface area contributed by atoms with E-state index in [2.05, 4.69) is 63.2 Å². The normalized spacial score (nSPS) is 24.6.